The lowest BCUT2D eigenvalue weighted by Gasteiger charge is -2.28. The predicted octanol–water partition coefficient (Wildman–Crippen LogP) is 3.99. The van der Waals surface area contributed by atoms with Gasteiger partial charge in [0.2, 0.25) is 11.8 Å². The Hall–Kier alpha value is -2.75. The molecule has 3 N–H and O–H groups in total. The SMILES string of the molecule is CN1C(=O)CC(C(=O)Nc2cccc(C(=O)O)c2)SC1=Nc1cc(Cl)c(O)c(Cl)c1. The van der Waals surface area contributed by atoms with Gasteiger partial charge in [-0.05, 0) is 30.3 Å². The van der Waals surface area contributed by atoms with Gasteiger partial charge in [-0.1, -0.05) is 41.0 Å². The van der Waals surface area contributed by atoms with Crippen LogP contribution in [0.4, 0.5) is 11.4 Å². The lowest BCUT2D eigenvalue weighted by molar-refractivity contribution is -0.128. The zero-order valence-electron chi connectivity index (χ0n) is 15.4. The van der Waals surface area contributed by atoms with Gasteiger partial charge in [-0.15, -0.1) is 0 Å². The number of aromatic carboxylic acids is 1. The molecule has 0 saturated carbocycles. The molecule has 3 rings (SSSR count). The van der Waals surface area contributed by atoms with Gasteiger partial charge in [0, 0.05) is 19.2 Å². The number of thioether (sulfide) groups is 1. The van der Waals surface area contributed by atoms with Crippen molar-refractivity contribution in [2.24, 2.45) is 4.99 Å². The molecule has 11 heteroatoms. The Balaban J connectivity index is 1.82. The van der Waals surface area contributed by atoms with Crippen LogP contribution in [0.3, 0.4) is 0 Å². The maximum absolute atomic E-state index is 12.7. The predicted molar refractivity (Wildman–Crippen MR) is 116 cm³/mol. The van der Waals surface area contributed by atoms with Crippen molar-refractivity contribution in [3.8, 4) is 5.75 Å². The third kappa shape index (κ3) is 4.86. The number of halogens is 2. The lowest BCUT2D eigenvalue weighted by Crippen LogP contribution is -2.43. The first-order valence-electron chi connectivity index (χ1n) is 8.50. The van der Waals surface area contributed by atoms with Crippen molar-refractivity contribution < 1.29 is 24.6 Å². The Morgan fingerprint density at radius 2 is 1.90 bits per heavy atom. The van der Waals surface area contributed by atoms with Gasteiger partial charge in [0.25, 0.3) is 0 Å². The Morgan fingerprint density at radius 1 is 1.23 bits per heavy atom. The average Bonchev–Trinajstić information content (AvgIpc) is 2.69. The molecule has 2 amide bonds. The second kappa shape index (κ2) is 8.95. The van der Waals surface area contributed by atoms with Gasteiger partial charge >= 0.3 is 5.97 Å². The molecule has 30 heavy (non-hydrogen) atoms. The number of carboxylic acids is 1. The summed E-state index contributed by atoms with van der Waals surface area (Å²) in [6.07, 6.45) is -0.0538. The van der Waals surface area contributed by atoms with E-state index in [0.717, 1.165) is 11.8 Å². The smallest absolute Gasteiger partial charge is 0.335 e. The van der Waals surface area contributed by atoms with Crippen LogP contribution in [0.5, 0.6) is 5.75 Å². The molecule has 0 spiro atoms. The fourth-order valence-electron chi connectivity index (χ4n) is 2.58. The van der Waals surface area contributed by atoms with Crippen molar-refractivity contribution in [2.75, 3.05) is 12.4 Å². The second-order valence-electron chi connectivity index (χ2n) is 6.29. The summed E-state index contributed by atoms with van der Waals surface area (Å²) >= 11 is 12.9. The normalized spacial score (nSPS) is 17.8. The molecule has 1 atom stereocenters. The molecule has 156 valence electrons. The summed E-state index contributed by atoms with van der Waals surface area (Å²) in [5.41, 5.74) is 0.644. The molecule has 0 aliphatic carbocycles. The van der Waals surface area contributed by atoms with Crippen molar-refractivity contribution in [1.82, 2.24) is 4.90 Å². The van der Waals surface area contributed by atoms with Crippen LogP contribution in [0.25, 0.3) is 0 Å². The number of aliphatic imine (C=N–C) groups is 1. The molecule has 0 radical (unpaired) electrons. The molecule has 1 aliphatic heterocycles. The summed E-state index contributed by atoms with van der Waals surface area (Å²) in [4.78, 5) is 41.8. The van der Waals surface area contributed by atoms with E-state index in [0.29, 0.717) is 11.4 Å². The summed E-state index contributed by atoms with van der Waals surface area (Å²) in [5.74, 6) is -2.17. The Bertz CT molecular complexity index is 1050. The van der Waals surface area contributed by atoms with Gasteiger partial charge in [-0.2, -0.15) is 0 Å². The number of phenols is 1. The Labute approximate surface area is 185 Å². The molecule has 1 unspecified atom stereocenters. The second-order valence-corrected chi connectivity index (χ2v) is 8.28. The third-order valence-corrected chi connectivity index (χ3v) is 5.98. The summed E-state index contributed by atoms with van der Waals surface area (Å²) in [5, 5.41) is 20.9. The summed E-state index contributed by atoms with van der Waals surface area (Å²) in [7, 11) is 1.53. The van der Waals surface area contributed by atoms with Crippen molar-refractivity contribution >= 4 is 69.3 Å². The van der Waals surface area contributed by atoms with Crippen molar-refractivity contribution in [3.63, 3.8) is 0 Å². The van der Waals surface area contributed by atoms with E-state index in [4.69, 9.17) is 28.3 Å². The fourth-order valence-corrected chi connectivity index (χ4v) is 4.12. The number of amidine groups is 1. The topological polar surface area (TPSA) is 119 Å². The van der Waals surface area contributed by atoms with E-state index >= 15 is 0 Å². The number of benzene rings is 2. The van der Waals surface area contributed by atoms with Crippen LogP contribution in [-0.2, 0) is 9.59 Å². The van der Waals surface area contributed by atoms with Gasteiger partial charge in [0.05, 0.1) is 21.3 Å². The quantitative estimate of drug-likeness (QED) is 0.625. The van der Waals surface area contributed by atoms with Crippen LogP contribution >= 0.6 is 35.0 Å². The number of nitrogens with zero attached hydrogens (tertiary/aromatic N) is 2. The van der Waals surface area contributed by atoms with E-state index in [-0.39, 0.29) is 38.9 Å². The van der Waals surface area contributed by atoms with E-state index in [9.17, 15) is 19.5 Å². The number of anilines is 1. The number of hydrogen-bond donors (Lipinski definition) is 3. The number of carbonyl (C=O) groups is 3. The highest BCUT2D eigenvalue weighted by Gasteiger charge is 2.34. The molecule has 0 aromatic heterocycles. The van der Waals surface area contributed by atoms with Gasteiger partial charge in [0.15, 0.2) is 10.9 Å². The maximum Gasteiger partial charge on any atom is 0.335 e. The van der Waals surface area contributed by atoms with Crippen molar-refractivity contribution in [2.45, 2.75) is 11.7 Å². The summed E-state index contributed by atoms with van der Waals surface area (Å²) < 4.78 is 0. The maximum atomic E-state index is 12.7. The van der Waals surface area contributed by atoms with Crippen LogP contribution in [0.2, 0.25) is 10.0 Å². The minimum Gasteiger partial charge on any atom is -0.505 e. The first kappa shape index (κ1) is 21.9. The summed E-state index contributed by atoms with van der Waals surface area (Å²) in [6.45, 7) is 0. The highest BCUT2D eigenvalue weighted by molar-refractivity contribution is 8.15. The molecule has 2 aromatic rings. The zero-order valence-corrected chi connectivity index (χ0v) is 17.8. The highest BCUT2D eigenvalue weighted by atomic mass is 35.5. The van der Waals surface area contributed by atoms with Crippen LogP contribution < -0.4 is 5.32 Å². The first-order chi connectivity index (χ1) is 14.2. The van der Waals surface area contributed by atoms with Gasteiger partial charge in [-0.25, -0.2) is 9.79 Å². The standard InChI is InChI=1S/C19H15Cl2N3O5S/c1-24-15(25)8-14(17(27)22-10-4-2-3-9(5-10)18(28)29)30-19(24)23-11-6-12(20)16(26)13(21)7-11/h2-7,14,26H,8H2,1H3,(H,22,27)(H,28,29). The largest absolute Gasteiger partial charge is 0.505 e. The van der Waals surface area contributed by atoms with Crippen LogP contribution in [0.15, 0.2) is 41.4 Å². The van der Waals surface area contributed by atoms with Gasteiger partial charge in [0.1, 0.15) is 5.25 Å². The number of hydrogen-bond acceptors (Lipinski definition) is 6. The minimum absolute atomic E-state index is 0.00393. The number of amides is 2. The van der Waals surface area contributed by atoms with Crippen LogP contribution in [-0.4, -0.2) is 50.4 Å². The molecule has 1 saturated heterocycles. The Kier molecular flexibility index (Phi) is 6.55. The molecule has 8 nitrogen and oxygen atoms in total. The molecule has 2 aromatic carbocycles. The first-order valence-corrected chi connectivity index (χ1v) is 10.1. The minimum atomic E-state index is -1.12. The zero-order chi connectivity index (χ0) is 22.0. The van der Waals surface area contributed by atoms with Gasteiger partial charge < -0.3 is 15.5 Å². The Morgan fingerprint density at radius 3 is 2.53 bits per heavy atom. The van der Waals surface area contributed by atoms with Crippen LogP contribution in [0, 0.1) is 0 Å². The number of phenolic OH excluding ortho intramolecular Hbond substituents is 1. The van der Waals surface area contributed by atoms with E-state index in [1.165, 1.54) is 42.3 Å². The number of carbonyl (C=O) groups excluding carboxylic acids is 2. The highest BCUT2D eigenvalue weighted by Crippen LogP contribution is 2.37. The molecular formula is C19H15Cl2N3O5S. The molecular weight excluding hydrogens is 453 g/mol. The monoisotopic (exact) mass is 467 g/mol. The summed E-state index contributed by atoms with van der Waals surface area (Å²) in [6, 6.07) is 8.57. The number of carboxylic acid groups (broad SMARTS) is 1. The number of nitrogens with one attached hydrogen (secondary N) is 1. The molecule has 1 heterocycles. The van der Waals surface area contributed by atoms with Crippen LogP contribution in [0.1, 0.15) is 16.8 Å². The van der Waals surface area contributed by atoms with Crippen molar-refractivity contribution in [1.29, 1.82) is 0 Å². The van der Waals surface area contributed by atoms with E-state index < -0.39 is 17.1 Å². The van der Waals surface area contributed by atoms with E-state index in [1.54, 1.807) is 6.07 Å². The third-order valence-electron chi connectivity index (χ3n) is 4.16. The van der Waals surface area contributed by atoms with E-state index in [2.05, 4.69) is 10.3 Å². The number of rotatable bonds is 4. The molecule has 1 fully saturated rings. The lowest BCUT2D eigenvalue weighted by atomic mass is 10.2. The molecule has 0 bridgehead atoms. The molecule has 1 aliphatic rings. The van der Waals surface area contributed by atoms with E-state index in [1.807, 2.05) is 0 Å². The van der Waals surface area contributed by atoms with Crippen molar-refractivity contribution in [3.05, 3.63) is 52.0 Å². The average molecular weight is 468 g/mol. The van der Waals surface area contributed by atoms with Gasteiger partial charge in [-0.3, -0.25) is 14.5 Å². The number of aromatic hydroxyl groups is 1. The fraction of sp³-hybridized carbons (Fsp3) is 0.158.